The van der Waals surface area contributed by atoms with Crippen LogP contribution in [0, 0.1) is 5.41 Å². The van der Waals surface area contributed by atoms with Crippen molar-refractivity contribution < 1.29 is 4.74 Å². The Balaban J connectivity index is 1.83. The predicted octanol–water partition coefficient (Wildman–Crippen LogP) is 1.49. The van der Waals surface area contributed by atoms with Gasteiger partial charge in [-0.2, -0.15) is 0 Å². The molecule has 16 heavy (non-hydrogen) atoms. The maximum absolute atomic E-state index is 5.47. The van der Waals surface area contributed by atoms with Gasteiger partial charge in [0.15, 0.2) is 0 Å². The minimum Gasteiger partial charge on any atom is -0.381 e. The summed E-state index contributed by atoms with van der Waals surface area (Å²) in [5, 5.41) is 3.42. The van der Waals surface area contributed by atoms with E-state index in [1.54, 1.807) is 0 Å². The van der Waals surface area contributed by atoms with E-state index < -0.39 is 0 Å². The zero-order chi connectivity index (χ0) is 11.4. The van der Waals surface area contributed by atoms with Crippen molar-refractivity contribution in [1.29, 1.82) is 0 Å². The molecule has 0 bridgehead atoms. The van der Waals surface area contributed by atoms with E-state index in [1.807, 2.05) is 0 Å². The molecule has 3 nitrogen and oxygen atoms in total. The average molecular weight is 226 g/mol. The number of piperidine rings is 1. The highest BCUT2D eigenvalue weighted by molar-refractivity contribution is 4.85. The fourth-order valence-electron chi connectivity index (χ4n) is 3.00. The lowest BCUT2D eigenvalue weighted by Gasteiger charge is -2.41. The zero-order valence-electron chi connectivity index (χ0n) is 10.8. The van der Waals surface area contributed by atoms with Crippen molar-refractivity contribution in [3.63, 3.8) is 0 Å². The Kier molecular flexibility index (Phi) is 4.22. The number of ether oxygens (including phenoxy) is 1. The van der Waals surface area contributed by atoms with E-state index in [9.17, 15) is 0 Å². The Labute approximate surface area is 99.5 Å². The smallest absolute Gasteiger partial charge is 0.0471 e. The van der Waals surface area contributed by atoms with Crippen molar-refractivity contribution in [2.45, 2.75) is 38.6 Å². The van der Waals surface area contributed by atoms with Crippen LogP contribution in [0.15, 0.2) is 0 Å². The first-order valence-electron chi connectivity index (χ1n) is 6.69. The molecule has 2 heterocycles. The largest absolute Gasteiger partial charge is 0.381 e. The van der Waals surface area contributed by atoms with Crippen molar-refractivity contribution in [3.05, 3.63) is 0 Å². The van der Waals surface area contributed by atoms with Gasteiger partial charge in [0.25, 0.3) is 0 Å². The summed E-state index contributed by atoms with van der Waals surface area (Å²) in [5.41, 5.74) is 0.494. The monoisotopic (exact) mass is 226 g/mol. The Morgan fingerprint density at radius 3 is 2.81 bits per heavy atom. The van der Waals surface area contributed by atoms with E-state index in [0.29, 0.717) is 11.5 Å². The van der Waals surface area contributed by atoms with Gasteiger partial charge >= 0.3 is 0 Å². The van der Waals surface area contributed by atoms with Gasteiger partial charge in [-0.1, -0.05) is 6.92 Å². The minimum atomic E-state index is 0.494. The van der Waals surface area contributed by atoms with Crippen LogP contribution in [-0.2, 0) is 4.74 Å². The Morgan fingerprint density at radius 2 is 2.12 bits per heavy atom. The van der Waals surface area contributed by atoms with Crippen LogP contribution in [0.1, 0.15) is 32.6 Å². The predicted molar refractivity (Wildman–Crippen MR) is 66.7 cm³/mol. The van der Waals surface area contributed by atoms with Crippen LogP contribution in [-0.4, -0.2) is 50.8 Å². The van der Waals surface area contributed by atoms with Crippen molar-refractivity contribution in [1.82, 2.24) is 10.2 Å². The molecule has 2 fully saturated rings. The number of likely N-dealkylation sites (N-methyl/N-ethyl adjacent to an activating group) is 1. The zero-order valence-corrected chi connectivity index (χ0v) is 10.8. The Morgan fingerprint density at radius 1 is 1.38 bits per heavy atom. The summed E-state index contributed by atoms with van der Waals surface area (Å²) < 4.78 is 5.47. The van der Waals surface area contributed by atoms with E-state index in [2.05, 4.69) is 24.2 Å². The molecular formula is C13H26N2O. The van der Waals surface area contributed by atoms with E-state index in [4.69, 9.17) is 4.74 Å². The highest BCUT2D eigenvalue weighted by Crippen LogP contribution is 2.31. The van der Waals surface area contributed by atoms with Crippen LogP contribution in [0.3, 0.4) is 0 Å². The topological polar surface area (TPSA) is 24.5 Å². The number of nitrogens with one attached hydrogen (secondary N) is 1. The van der Waals surface area contributed by atoms with E-state index in [-0.39, 0.29) is 0 Å². The van der Waals surface area contributed by atoms with Crippen LogP contribution in [0.4, 0.5) is 0 Å². The lowest BCUT2D eigenvalue weighted by molar-refractivity contribution is 0.000220. The maximum Gasteiger partial charge on any atom is 0.0471 e. The van der Waals surface area contributed by atoms with Gasteiger partial charge in [0.2, 0.25) is 0 Å². The fourth-order valence-corrected chi connectivity index (χ4v) is 3.00. The van der Waals surface area contributed by atoms with E-state index >= 15 is 0 Å². The Bertz CT molecular complexity index is 214. The third kappa shape index (κ3) is 3.19. The quantitative estimate of drug-likeness (QED) is 0.789. The number of likely N-dealkylation sites (tertiary alicyclic amines) is 1. The summed E-state index contributed by atoms with van der Waals surface area (Å²) >= 11 is 0. The van der Waals surface area contributed by atoms with Crippen molar-refractivity contribution in [2.24, 2.45) is 5.41 Å². The van der Waals surface area contributed by atoms with Gasteiger partial charge in [-0.3, -0.25) is 0 Å². The first kappa shape index (κ1) is 12.3. The molecule has 0 saturated carbocycles. The average Bonchev–Trinajstić information content (AvgIpc) is 2.29. The van der Waals surface area contributed by atoms with Crippen LogP contribution in [0.25, 0.3) is 0 Å². The lowest BCUT2D eigenvalue weighted by Crippen LogP contribution is -2.48. The molecule has 2 aliphatic heterocycles. The summed E-state index contributed by atoms with van der Waals surface area (Å²) in [4.78, 5) is 2.65. The number of nitrogens with zero attached hydrogens (tertiary/aromatic N) is 1. The number of hydrogen-bond donors (Lipinski definition) is 1. The third-order valence-corrected chi connectivity index (χ3v) is 4.22. The minimum absolute atomic E-state index is 0.494. The number of rotatable bonds is 3. The molecule has 1 N–H and O–H groups in total. The molecule has 3 heteroatoms. The standard InChI is InChI=1S/C13H26N2O/c1-13(5-8-16-9-6-13)11-15-7-3-4-12(10-15)14-2/h12,14H,3-11H2,1-2H3. The second-order valence-corrected chi connectivity index (χ2v) is 5.79. The molecule has 0 amide bonds. The molecule has 0 spiro atoms. The molecule has 0 aromatic rings. The molecule has 0 aromatic carbocycles. The summed E-state index contributed by atoms with van der Waals surface area (Å²) in [7, 11) is 2.09. The summed E-state index contributed by atoms with van der Waals surface area (Å²) in [5.74, 6) is 0. The molecule has 0 aliphatic carbocycles. The van der Waals surface area contributed by atoms with E-state index in [0.717, 1.165) is 13.2 Å². The van der Waals surface area contributed by atoms with Gasteiger partial charge in [0, 0.05) is 32.3 Å². The van der Waals surface area contributed by atoms with Crippen molar-refractivity contribution in [2.75, 3.05) is 39.9 Å². The van der Waals surface area contributed by atoms with Crippen LogP contribution in [0.2, 0.25) is 0 Å². The highest BCUT2D eigenvalue weighted by atomic mass is 16.5. The highest BCUT2D eigenvalue weighted by Gasteiger charge is 2.31. The molecular weight excluding hydrogens is 200 g/mol. The van der Waals surface area contributed by atoms with Crippen LogP contribution < -0.4 is 5.32 Å². The van der Waals surface area contributed by atoms with Gasteiger partial charge < -0.3 is 15.0 Å². The molecule has 94 valence electrons. The van der Waals surface area contributed by atoms with Crippen LogP contribution >= 0.6 is 0 Å². The second kappa shape index (κ2) is 5.48. The SMILES string of the molecule is CNC1CCCN(CC2(C)CCOCC2)C1. The van der Waals surface area contributed by atoms with Crippen LogP contribution in [0.5, 0.6) is 0 Å². The number of hydrogen-bond acceptors (Lipinski definition) is 3. The molecule has 0 radical (unpaired) electrons. The molecule has 2 aliphatic rings. The fraction of sp³-hybridized carbons (Fsp3) is 1.00. The first-order valence-corrected chi connectivity index (χ1v) is 6.69. The maximum atomic E-state index is 5.47. The normalized spacial score (nSPS) is 31.5. The molecule has 2 rings (SSSR count). The van der Waals surface area contributed by atoms with Gasteiger partial charge in [0.1, 0.15) is 0 Å². The van der Waals surface area contributed by atoms with Gasteiger partial charge in [-0.25, -0.2) is 0 Å². The molecule has 1 unspecified atom stereocenters. The van der Waals surface area contributed by atoms with Crippen molar-refractivity contribution in [3.8, 4) is 0 Å². The second-order valence-electron chi connectivity index (χ2n) is 5.79. The van der Waals surface area contributed by atoms with Gasteiger partial charge in [-0.15, -0.1) is 0 Å². The summed E-state index contributed by atoms with van der Waals surface area (Å²) in [6.07, 6.45) is 5.15. The summed E-state index contributed by atoms with van der Waals surface area (Å²) in [6, 6.07) is 0.706. The van der Waals surface area contributed by atoms with E-state index in [1.165, 1.54) is 45.3 Å². The molecule has 0 aromatic heterocycles. The van der Waals surface area contributed by atoms with Gasteiger partial charge in [0.05, 0.1) is 0 Å². The van der Waals surface area contributed by atoms with Gasteiger partial charge in [-0.05, 0) is 44.7 Å². The first-order chi connectivity index (χ1) is 7.72. The molecule has 2 saturated heterocycles. The molecule has 1 atom stereocenters. The Hall–Kier alpha value is -0.120. The lowest BCUT2D eigenvalue weighted by atomic mass is 9.81. The summed E-state index contributed by atoms with van der Waals surface area (Å²) in [6.45, 7) is 8.12. The third-order valence-electron chi connectivity index (χ3n) is 4.22. The van der Waals surface area contributed by atoms with Crippen molar-refractivity contribution >= 4 is 0 Å².